The number of nitrogens with two attached hydrogens (primary N) is 1. The molecule has 0 saturated carbocycles. The molecule has 3 heteroatoms. The molecular formula is C5H9BN2. The molecule has 2 N–H and O–H groups in total. The number of aliphatic imine (C=N–C) groups is 1. The van der Waals surface area contributed by atoms with E-state index in [9.17, 15) is 0 Å². The molecule has 2 nitrogen and oxygen atoms in total. The Morgan fingerprint density at radius 3 is 2.38 bits per heavy atom. The standard InChI is InChI=1S/C5H9BN2/c1-4(3-7)5(6)8-2/h3H,7H2,1-2H3. The van der Waals surface area contributed by atoms with E-state index < -0.39 is 0 Å². The van der Waals surface area contributed by atoms with Crippen LogP contribution in [0.5, 0.6) is 0 Å². The van der Waals surface area contributed by atoms with Crippen LogP contribution in [0.25, 0.3) is 0 Å². The van der Waals surface area contributed by atoms with Crippen molar-refractivity contribution in [3.05, 3.63) is 11.8 Å². The van der Waals surface area contributed by atoms with E-state index >= 15 is 0 Å². The third-order valence-electron chi connectivity index (χ3n) is 0.895. The van der Waals surface area contributed by atoms with Gasteiger partial charge in [-0.2, -0.15) is 0 Å². The lowest BCUT2D eigenvalue weighted by Crippen LogP contribution is -2.00. The molecule has 0 bridgehead atoms. The molecule has 8 heavy (non-hydrogen) atoms. The first-order valence-electron chi connectivity index (χ1n) is 2.33. The van der Waals surface area contributed by atoms with Crippen molar-refractivity contribution in [1.29, 1.82) is 0 Å². The summed E-state index contributed by atoms with van der Waals surface area (Å²) in [6, 6.07) is 0. The highest BCUT2D eigenvalue weighted by atomic mass is 14.7. The molecule has 0 aromatic heterocycles. The van der Waals surface area contributed by atoms with Crippen LogP contribution in [0.3, 0.4) is 0 Å². The molecule has 0 spiro atoms. The zero-order valence-electron chi connectivity index (χ0n) is 5.18. The fourth-order valence-corrected chi connectivity index (χ4v) is 0.262. The smallest absolute Gasteiger partial charge is 0.141 e. The van der Waals surface area contributed by atoms with Gasteiger partial charge in [-0.25, -0.2) is 0 Å². The second-order valence-corrected chi connectivity index (χ2v) is 1.46. The molecule has 0 aromatic rings. The van der Waals surface area contributed by atoms with Crippen molar-refractivity contribution in [1.82, 2.24) is 0 Å². The predicted molar refractivity (Wildman–Crippen MR) is 37.1 cm³/mol. The third-order valence-corrected chi connectivity index (χ3v) is 0.895. The van der Waals surface area contributed by atoms with Crippen molar-refractivity contribution >= 4 is 13.5 Å². The van der Waals surface area contributed by atoms with Crippen LogP contribution >= 0.6 is 0 Å². The highest BCUT2D eigenvalue weighted by Crippen LogP contribution is 1.88. The van der Waals surface area contributed by atoms with Gasteiger partial charge < -0.3 is 10.7 Å². The van der Waals surface area contributed by atoms with Crippen LogP contribution in [0.4, 0.5) is 0 Å². The normalized spacial score (nSPS) is 14.2. The van der Waals surface area contributed by atoms with Gasteiger partial charge in [0.2, 0.25) is 0 Å². The lowest BCUT2D eigenvalue weighted by Gasteiger charge is -1.94. The molecule has 0 aliphatic rings. The number of hydrogen-bond donors (Lipinski definition) is 1. The van der Waals surface area contributed by atoms with Crippen LogP contribution < -0.4 is 5.73 Å². The minimum atomic E-state index is 0.493. The maximum absolute atomic E-state index is 5.33. The zero-order chi connectivity index (χ0) is 6.57. The first-order chi connectivity index (χ1) is 3.72. The summed E-state index contributed by atoms with van der Waals surface area (Å²) in [5.41, 5.74) is 6.43. The Labute approximate surface area is 50.9 Å². The van der Waals surface area contributed by atoms with E-state index in [-0.39, 0.29) is 0 Å². The SMILES string of the molecule is [B]C(=NC)C(C)=CN. The molecule has 0 unspecified atom stereocenters. The molecule has 42 valence electrons. The molecule has 0 heterocycles. The Kier molecular flexibility index (Phi) is 3.00. The summed E-state index contributed by atoms with van der Waals surface area (Å²) in [7, 11) is 6.96. The first-order valence-corrected chi connectivity index (χ1v) is 2.33. The average Bonchev–Trinajstić information content (AvgIpc) is 1.84. The van der Waals surface area contributed by atoms with Crippen molar-refractivity contribution in [2.75, 3.05) is 7.05 Å². The van der Waals surface area contributed by atoms with Gasteiger partial charge in [-0.15, -0.1) is 0 Å². The summed E-state index contributed by atoms with van der Waals surface area (Å²) in [4.78, 5) is 3.71. The lowest BCUT2D eigenvalue weighted by atomic mass is 9.95. The molecule has 0 fully saturated rings. The summed E-state index contributed by atoms with van der Waals surface area (Å²) in [5, 5.41) is 0. The Morgan fingerprint density at radius 1 is 1.75 bits per heavy atom. The van der Waals surface area contributed by atoms with Gasteiger partial charge in [0.1, 0.15) is 7.85 Å². The molecule has 0 atom stereocenters. The second-order valence-electron chi connectivity index (χ2n) is 1.46. The van der Waals surface area contributed by atoms with Crippen molar-refractivity contribution < 1.29 is 0 Å². The topological polar surface area (TPSA) is 38.4 Å². The highest BCUT2D eigenvalue weighted by molar-refractivity contribution is 6.64. The number of allylic oxidation sites excluding steroid dienone is 1. The van der Waals surface area contributed by atoms with Crippen LogP contribution in [-0.4, -0.2) is 20.5 Å². The number of hydrogen-bond acceptors (Lipinski definition) is 2. The second kappa shape index (κ2) is 3.30. The maximum atomic E-state index is 5.33. The van der Waals surface area contributed by atoms with Crippen LogP contribution in [0, 0.1) is 0 Å². The van der Waals surface area contributed by atoms with Crippen LogP contribution in [-0.2, 0) is 0 Å². The van der Waals surface area contributed by atoms with E-state index in [1.807, 2.05) is 6.92 Å². The molecule has 0 aliphatic carbocycles. The lowest BCUT2D eigenvalue weighted by molar-refractivity contribution is 1.41. The van der Waals surface area contributed by atoms with E-state index in [2.05, 4.69) is 4.99 Å². The van der Waals surface area contributed by atoms with Crippen molar-refractivity contribution in [3.63, 3.8) is 0 Å². The van der Waals surface area contributed by atoms with E-state index in [1.165, 1.54) is 6.20 Å². The van der Waals surface area contributed by atoms with Crippen molar-refractivity contribution in [2.24, 2.45) is 10.7 Å². The predicted octanol–water partition coefficient (Wildman–Crippen LogP) is 0.0457. The Morgan fingerprint density at radius 2 is 2.25 bits per heavy atom. The van der Waals surface area contributed by atoms with Crippen molar-refractivity contribution in [3.8, 4) is 0 Å². The fraction of sp³-hybridized carbons (Fsp3) is 0.400. The summed E-state index contributed by atoms with van der Waals surface area (Å²) < 4.78 is 0. The van der Waals surface area contributed by atoms with Crippen LogP contribution in [0.1, 0.15) is 6.92 Å². The number of rotatable bonds is 1. The third kappa shape index (κ3) is 1.82. The number of nitrogens with zero attached hydrogens (tertiary/aromatic N) is 1. The minimum Gasteiger partial charge on any atom is -0.404 e. The van der Waals surface area contributed by atoms with E-state index in [4.69, 9.17) is 13.6 Å². The van der Waals surface area contributed by atoms with Gasteiger partial charge in [-0.3, -0.25) is 0 Å². The van der Waals surface area contributed by atoms with Gasteiger partial charge >= 0.3 is 0 Å². The van der Waals surface area contributed by atoms with Gasteiger partial charge in [-0.1, -0.05) is 0 Å². The maximum Gasteiger partial charge on any atom is 0.141 e. The van der Waals surface area contributed by atoms with E-state index in [0.717, 1.165) is 5.57 Å². The average molecular weight is 108 g/mol. The van der Waals surface area contributed by atoms with Crippen molar-refractivity contribution in [2.45, 2.75) is 6.92 Å². The monoisotopic (exact) mass is 108 g/mol. The molecule has 0 rings (SSSR count). The molecule has 0 aliphatic heterocycles. The zero-order valence-corrected chi connectivity index (χ0v) is 5.18. The quantitative estimate of drug-likeness (QED) is 0.374. The van der Waals surface area contributed by atoms with Gasteiger partial charge in [0, 0.05) is 7.05 Å². The van der Waals surface area contributed by atoms with Crippen LogP contribution in [0.15, 0.2) is 16.8 Å². The van der Waals surface area contributed by atoms with E-state index in [0.29, 0.717) is 5.61 Å². The Balaban J connectivity index is 4.04. The molecule has 0 amide bonds. The molecule has 0 saturated heterocycles. The van der Waals surface area contributed by atoms with Gasteiger partial charge in [0.25, 0.3) is 0 Å². The first kappa shape index (κ1) is 7.27. The van der Waals surface area contributed by atoms with E-state index in [1.54, 1.807) is 7.05 Å². The summed E-state index contributed by atoms with van der Waals surface area (Å²) in [6.07, 6.45) is 1.43. The highest BCUT2D eigenvalue weighted by Gasteiger charge is 1.87. The summed E-state index contributed by atoms with van der Waals surface area (Å²) >= 11 is 0. The van der Waals surface area contributed by atoms with Gasteiger partial charge in [0.05, 0.1) is 0 Å². The minimum absolute atomic E-state index is 0.493. The Hall–Kier alpha value is -0.725. The fourth-order valence-electron chi connectivity index (χ4n) is 0.262. The van der Waals surface area contributed by atoms with Gasteiger partial charge in [-0.05, 0) is 24.3 Å². The molecular weight excluding hydrogens is 98.9 g/mol. The summed E-state index contributed by atoms with van der Waals surface area (Å²) in [5.74, 6) is 0. The molecule has 2 radical (unpaired) electrons. The van der Waals surface area contributed by atoms with Gasteiger partial charge in [0.15, 0.2) is 0 Å². The molecule has 0 aromatic carbocycles. The largest absolute Gasteiger partial charge is 0.404 e. The van der Waals surface area contributed by atoms with Crippen LogP contribution in [0.2, 0.25) is 0 Å². The summed E-state index contributed by atoms with van der Waals surface area (Å²) in [6.45, 7) is 1.81. The Bertz CT molecular complexity index is 110.